The van der Waals surface area contributed by atoms with Crippen LogP contribution in [0.25, 0.3) is 0 Å². The number of hydrogen-bond acceptors (Lipinski definition) is 6. The smallest absolute Gasteiger partial charge is 0.302 e. The van der Waals surface area contributed by atoms with Crippen LogP contribution in [0.5, 0.6) is 0 Å². The van der Waals surface area contributed by atoms with Gasteiger partial charge in [0.2, 0.25) is 0 Å². The van der Waals surface area contributed by atoms with Gasteiger partial charge in [0.05, 0.1) is 0 Å². The number of esters is 3. The Hall–Kier alpha value is -1.85. The van der Waals surface area contributed by atoms with Crippen molar-refractivity contribution in [2.24, 2.45) is 50.2 Å². The Labute approximate surface area is 254 Å². The van der Waals surface area contributed by atoms with Crippen molar-refractivity contribution < 1.29 is 28.6 Å². The standard InChI is InChI=1S/C36H56O6/c1-22(37)40-21-36-18-17-34(9)25(26(36)19-31(4,5)20-30(36)42-24(3)39)11-12-28-33(8)15-14-29(41-23(2)38)32(6,7)27(33)13-16-35(28,34)10/h11,26-30H,12-21H2,1-10H3/t26-,27-,28+,29-,30-,33-,34+,35+,36-/m0/s1. The summed E-state index contributed by atoms with van der Waals surface area (Å²) in [5.74, 6) is 0.533. The Bertz CT molecular complexity index is 1170. The van der Waals surface area contributed by atoms with Crippen LogP contribution in [0.4, 0.5) is 0 Å². The first kappa shape index (κ1) is 31.6. The van der Waals surface area contributed by atoms with Gasteiger partial charge in [-0.15, -0.1) is 0 Å². The molecule has 236 valence electrons. The molecule has 5 aliphatic carbocycles. The Morgan fingerprint density at radius 2 is 1.40 bits per heavy atom. The van der Waals surface area contributed by atoms with E-state index in [1.54, 1.807) is 6.92 Å². The van der Waals surface area contributed by atoms with Crippen LogP contribution in [0, 0.1) is 50.2 Å². The summed E-state index contributed by atoms with van der Waals surface area (Å²) in [6.07, 6.45) is 11.3. The molecule has 0 saturated heterocycles. The third kappa shape index (κ3) is 4.59. The molecule has 5 aliphatic rings. The molecule has 0 bridgehead atoms. The van der Waals surface area contributed by atoms with E-state index in [1.165, 1.54) is 19.4 Å². The third-order valence-electron chi connectivity index (χ3n) is 13.9. The van der Waals surface area contributed by atoms with Gasteiger partial charge in [-0.3, -0.25) is 14.4 Å². The van der Waals surface area contributed by atoms with Crippen LogP contribution >= 0.6 is 0 Å². The molecule has 0 N–H and O–H groups in total. The van der Waals surface area contributed by atoms with Crippen molar-refractivity contribution in [2.75, 3.05) is 6.61 Å². The van der Waals surface area contributed by atoms with E-state index in [4.69, 9.17) is 14.2 Å². The maximum atomic E-state index is 12.4. The summed E-state index contributed by atoms with van der Waals surface area (Å²) in [7, 11) is 0. The number of fused-ring (bicyclic) bond motifs is 7. The van der Waals surface area contributed by atoms with Gasteiger partial charge in [-0.05, 0) is 97.2 Å². The fourth-order valence-electron chi connectivity index (χ4n) is 11.8. The molecule has 9 atom stereocenters. The van der Waals surface area contributed by atoms with Crippen LogP contribution < -0.4 is 0 Å². The fourth-order valence-corrected chi connectivity index (χ4v) is 11.8. The maximum absolute atomic E-state index is 12.4. The van der Waals surface area contributed by atoms with E-state index < -0.39 is 5.41 Å². The molecule has 0 amide bonds. The second-order valence-corrected chi connectivity index (χ2v) is 17.0. The van der Waals surface area contributed by atoms with Crippen LogP contribution in [0.1, 0.15) is 127 Å². The summed E-state index contributed by atoms with van der Waals surface area (Å²) in [5, 5.41) is 0. The largest absolute Gasteiger partial charge is 0.465 e. The zero-order valence-corrected chi connectivity index (χ0v) is 28.0. The molecule has 6 nitrogen and oxygen atoms in total. The summed E-state index contributed by atoms with van der Waals surface area (Å²) in [4.78, 5) is 36.5. The summed E-state index contributed by atoms with van der Waals surface area (Å²) < 4.78 is 17.9. The van der Waals surface area contributed by atoms with Gasteiger partial charge in [-0.1, -0.05) is 60.1 Å². The minimum absolute atomic E-state index is 0.00408. The minimum Gasteiger partial charge on any atom is -0.465 e. The van der Waals surface area contributed by atoms with E-state index in [0.717, 1.165) is 57.8 Å². The number of carbonyl (C=O) groups excluding carboxylic acids is 3. The van der Waals surface area contributed by atoms with Gasteiger partial charge in [0.15, 0.2) is 0 Å². The van der Waals surface area contributed by atoms with Crippen LogP contribution in [0.2, 0.25) is 0 Å². The first-order chi connectivity index (χ1) is 19.3. The summed E-state index contributed by atoms with van der Waals surface area (Å²) in [5.41, 5.74) is 1.37. The first-order valence-electron chi connectivity index (χ1n) is 16.5. The molecule has 5 rings (SSSR count). The highest BCUT2D eigenvalue weighted by molar-refractivity contribution is 5.67. The Balaban J connectivity index is 1.57. The predicted octanol–water partition coefficient (Wildman–Crippen LogP) is 7.82. The second-order valence-electron chi connectivity index (χ2n) is 17.0. The Morgan fingerprint density at radius 3 is 2.02 bits per heavy atom. The van der Waals surface area contributed by atoms with Gasteiger partial charge in [0.1, 0.15) is 18.8 Å². The molecule has 0 aliphatic heterocycles. The van der Waals surface area contributed by atoms with Crippen molar-refractivity contribution in [3.05, 3.63) is 11.6 Å². The monoisotopic (exact) mass is 584 g/mol. The van der Waals surface area contributed by atoms with E-state index in [1.807, 2.05) is 0 Å². The van der Waals surface area contributed by atoms with E-state index >= 15 is 0 Å². The van der Waals surface area contributed by atoms with E-state index in [9.17, 15) is 14.4 Å². The lowest BCUT2D eigenvalue weighted by atomic mass is 9.33. The van der Waals surface area contributed by atoms with E-state index in [-0.39, 0.29) is 63.1 Å². The molecule has 0 aromatic heterocycles. The average Bonchev–Trinajstić information content (AvgIpc) is 2.84. The number of ether oxygens (including phenoxy) is 3. The SMILES string of the molecule is CC(=O)OC[C@@]12CC[C@]3(C)C(=CC[C@@H]4[C@@]5(C)CC[C@H](OC(C)=O)C(C)(C)[C@@H]5CC[C@]43C)[C@@H]1CC(C)(C)C[C@@H]2OC(C)=O. The third-order valence-corrected chi connectivity index (χ3v) is 13.9. The molecule has 4 fully saturated rings. The highest BCUT2D eigenvalue weighted by Crippen LogP contribution is 2.76. The number of carbonyl (C=O) groups is 3. The molecule has 42 heavy (non-hydrogen) atoms. The van der Waals surface area contributed by atoms with Crippen molar-refractivity contribution in [3.63, 3.8) is 0 Å². The molecule has 0 spiro atoms. The van der Waals surface area contributed by atoms with E-state index in [0.29, 0.717) is 18.4 Å². The fraction of sp³-hybridized carbons (Fsp3) is 0.861. The minimum atomic E-state index is -0.396. The topological polar surface area (TPSA) is 78.9 Å². The van der Waals surface area contributed by atoms with E-state index in [2.05, 4.69) is 54.5 Å². The maximum Gasteiger partial charge on any atom is 0.302 e. The summed E-state index contributed by atoms with van der Waals surface area (Å²) >= 11 is 0. The van der Waals surface area contributed by atoms with Crippen LogP contribution in [0.15, 0.2) is 11.6 Å². The molecule has 4 saturated carbocycles. The van der Waals surface area contributed by atoms with Gasteiger partial charge < -0.3 is 14.2 Å². The van der Waals surface area contributed by atoms with Gasteiger partial charge in [0.25, 0.3) is 0 Å². The van der Waals surface area contributed by atoms with Crippen molar-refractivity contribution in [1.82, 2.24) is 0 Å². The summed E-state index contributed by atoms with van der Waals surface area (Å²) in [6.45, 7) is 21.8. The lowest BCUT2D eigenvalue weighted by Gasteiger charge is -2.71. The van der Waals surface area contributed by atoms with Crippen molar-refractivity contribution in [3.8, 4) is 0 Å². The van der Waals surface area contributed by atoms with Crippen molar-refractivity contribution in [1.29, 1.82) is 0 Å². The molecule has 6 heteroatoms. The number of rotatable bonds is 4. The first-order valence-corrected chi connectivity index (χ1v) is 16.5. The van der Waals surface area contributed by atoms with Gasteiger partial charge in [-0.25, -0.2) is 0 Å². The average molecular weight is 585 g/mol. The highest BCUT2D eigenvalue weighted by atomic mass is 16.6. The zero-order valence-electron chi connectivity index (χ0n) is 28.0. The molecule has 0 aromatic rings. The summed E-state index contributed by atoms with van der Waals surface area (Å²) in [6, 6.07) is 0. The Morgan fingerprint density at radius 1 is 0.762 bits per heavy atom. The molecular formula is C36H56O6. The van der Waals surface area contributed by atoms with Crippen LogP contribution in [-0.4, -0.2) is 36.7 Å². The van der Waals surface area contributed by atoms with Crippen molar-refractivity contribution in [2.45, 2.75) is 139 Å². The highest BCUT2D eigenvalue weighted by Gasteiger charge is 2.70. The van der Waals surface area contributed by atoms with Crippen LogP contribution in [0.3, 0.4) is 0 Å². The Kier molecular flexibility index (Phi) is 7.58. The predicted molar refractivity (Wildman–Crippen MR) is 162 cm³/mol. The molecule has 0 aromatic carbocycles. The van der Waals surface area contributed by atoms with Gasteiger partial charge in [-0.2, -0.15) is 0 Å². The normalized spacial score (nSPS) is 45.1. The lowest BCUT2D eigenvalue weighted by Crippen LogP contribution is -2.66. The molecule has 0 radical (unpaired) electrons. The molecular weight excluding hydrogens is 528 g/mol. The number of allylic oxidation sites excluding steroid dienone is 2. The van der Waals surface area contributed by atoms with Crippen molar-refractivity contribution >= 4 is 17.9 Å². The quantitative estimate of drug-likeness (QED) is 0.190. The van der Waals surface area contributed by atoms with Gasteiger partial charge in [0, 0.05) is 31.6 Å². The zero-order chi connectivity index (χ0) is 31.1. The van der Waals surface area contributed by atoms with Gasteiger partial charge >= 0.3 is 17.9 Å². The molecule has 0 unspecified atom stereocenters. The second kappa shape index (κ2) is 10.1. The lowest BCUT2D eigenvalue weighted by molar-refractivity contribution is -0.221. The van der Waals surface area contributed by atoms with Crippen LogP contribution in [-0.2, 0) is 28.6 Å². The number of hydrogen-bond donors (Lipinski definition) is 0. The molecule has 0 heterocycles.